The highest BCUT2D eigenvalue weighted by Gasteiger charge is 2.29. The second-order valence-corrected chi connectivity index (χ2v) is 29.4. The summed E-state index contributed by atoms with van der Waals surface area (Å²) in [7, 11) is 19.1. The molecule has 2 saturated carbocycles. The van der Waals surface area contributed by atoms with Gasteiger partial charge >= 0.3 is 0 Å². The van der Waals surface area contributed by atoms with Crippen molar-refractivity contribution in [3.05, 3.63) is 247 Å². The fourth-order valence-corrected chi connectivity index (χ4v) is 14.3. The second-order valence-electron chi connectivity index (χ2n) is 28.3. The van der Waals surface area contributed by atoms with Crippen LogP contribution in [0.15, 0.2) is 169 Å². The minimum Gasteiger partial charge on any atom is -0.495 e. The van der Waals surface area contributed by atoms with Crippen molar-refractivity contribution in [2.45, 2.75) is 44.8 Å². The number of carbonyl (C=O) groups is 4. The Morgan fingerprint density at radius 3 is 0.960 bits per heavy atom. The van der Waals surface area contributed by atoms with Gasteiger partial charge in [0.2, 0.25) is 0 Å². The molecule has 0 saturated heterocycles. The number of nitrogens with zero attached hydrogens (tertiary/aromatic N) is 4. The lowest BCUT2D eigenvalue weighted by Gasteiger charge is -2.11. The number of aromatic amines is 4. The molecule has 0 aliphatic heterocycles. The first-order valence-corrected chi connectivity index (χ1v) is 40.5. The van der Waals surface area contributed by atoms with Crippen molar-refractivity contribution in [1.29, 1.82) is 0 Å². The molecule has 0 radical (unpaired) electrons. The minimum atomic E-state index is -0.214. The van der Waals surface area contributed by atoms with Gasteiger partial charge in [-0.25, -0.2) is 0 Å². The van der Waals surface area contributed by atoms with Crippen molar-refractivity contribution in [2.24, 2.45) is 5.92 Å². The Labute approximate surface area is 719 Å². The van der Waals surface area contributed by atoms with E-state index < -0.39 is 0 Å². The summed E-state index contributed by atoms with van der Waals surface area (Å²) < 4.78 is 65.1. The molecule has 0 atom stereocenters. The Balaban J connectivity index is 0.000000142. The van der Waals surface area contributed by atoms with Crippen molar-refractivity contribution in [1.82, 2.24) is 62.1 Å². The molecule has 124 heavy (non-hydrogen) atoms. The van der Waals surface area contributed by atoms with Crippen LogP contribution in [0.4, 0.5) is 0 Å². The first kappa shape index (κ1) is 86.8. The van der Waals surface area contributed by atoms with Gasteiger partial charge in [-0.2, -0.15) is 20.4 Å². The molecule has 9 aromatic carbocycles. The number of aromatic nitrogens is 8. The predicted octanol–water partition coefficient (Wildman–Crippen LogP) is 17.0. The third kappa shape index (κ3) is 20.7. The number of ether oxygens (including phenoxy) is 12. The molecular weight excluding hydrogens is 1600 g/mol. The lowest BCUT2D eigenvalue weighted by atomic mass is 10.1. The van der Waals surface area contributed by atoms with Crippen LogP contribution >= 0.6 is 11.3 Å². The zero-order chi connectivity index (χ0) is 87.2. The van der Waals surface area contributed by atoms with Crippen LogP contribution in [0.5, 0.6) is 69.0 Å². The first-order chi connectivity index (χ1) is 60.6. The zero-order valence-corrected chi connectivity index (χ0v) is 71.4. The van der Waals surface area contributed by atoms with Crippen LogP contribution in [0, 0.1) is 5.92 Å². The summed E-state index contributed by atoms with van der Waals surface area (Å²) in [6.07, 6.45) is 19.8. The maximum Gasteiger partial charge on any atom is 0.255 e. The molecule has 16 rings (SSSR count). The van der Waals surface area contributed by atoms with E-state index in [0.29, 0.717) is 128 Å². The smallest absolute Gasteiger partial charge is 0.255 e. The molecule has 2 fully saturated rings. The van der Waals surface area contributed by atoms with Gasteiger partial charge in [-0.3, -0.25) is 39.6 Å². The number of methoxy groups -OCH3 is 12. The van der Waals surface area contributed by atoms with E-state index in [4.69, 9.17) is 56.8 Å². The van der Waals surface area contributed by atoms with Crippen LogP contribution < -0.4 is 78.1 Å². The summed E-state index contributed by atoms with van der Waals surface area (Å²) in [6.45, 7) is 1.60. The number of fused-ring (bicyclic) bond motifs is 4. The molecule has 0 spiro atoms. The van der Waals surface area contributed by atoms with E-state index in [-0.39, 0.29) is 29.7 Å². The molecule has 5 aromatic heterocycles. The van der Waals surface area contributed by atoms with E-state index in [0.717, 1.165) is 101 Å². The third-order valence-corrected chi connectivity index (χ3v) is 21.3. The number of thiophene rings is 1. The highest BCUT2D eigenvalue weighted by atomic mass is 32.1. The highest BCUT2D eigenvalue weighted by Crippen LogP contribution is 2.40. The number of nitrogens with one attached hydrogen (secondary N) is 8. The van der Waals surface area contributed by atoms with E-state index >= 15 is 0 Å². The highest BCUT2D eigenvalue weighted by molar-refractivity contribution is 7.09. The lowest BCUT2D eigenvalue weighted by Crippen LogP contribution is -2.26. The van der Waals surface area contributed by atoms with Crippen molar-refractivity contribution < 1.29 is 76.0 Å². The third-order valence-electron chi connectivity index (χ3n) is 20.5. The average Bonchev–Trinajstić information content (AvgIpc) is 1.62. The van der Waals surface area contributed by atoms with E-state index in [1.807, 2.05) is 187 Å². The van der Waals surface area contributed by atoms with E-state index in [1.165, 1.54) is 12.8 Å². The van der Waals surface area contributed by atoms with Crippen LogP contribution in [0.3, 0.4) is 0 Å². The van der Waals surface area contributed by atoms with E-state index in [2.05, 4.69) is 62.1 Å². The number of benzene rings is 9. The maximum absolute atomic E-state index is 12.9. The summed E-state index contributed by atoms with van der Waals surface area (Å²) in [5.74, 6) is 7.19. The molecule has 0 bridgehead atoms. The van der Waals surface area contributed by atoms with Crippen LogP contribution in [-0.4, -0.2) is 162 Å². The number of carbonyl (C=O) groups excluding carboxylic acids is 4. The summed E-state index contributed by atoms with van der Waals surface area (Å²) >= 11 is 1.60. The summed E-state index contributed by atoms with van der Waals surface area (Å²) in [5, 5.41) is 46.4. The van der Waals surface area contributed by atoms with Crippen LogP contribution in [0.1, 0.15) is 123 Å². The zero-order valence-electron chi connectivity index (χ0n) is 70.6. The van der Waals surface area contributed by atoms with Crippen molar-refractivity contribution in [3.8, 4) is 69.0 Å². The Bertz CT molecular complexity index is 6240. The predicted molar refractivity (Wildman–Crippen MR) is 483 cm³/mol. The van der Waals surface area contributed by atoms with Crippen LogP contribution in [0.25, 0.3) is 92.2 Å². The summed E-state index contributed by atoms with van der Waals surface area (Å²) in [4.78, 5) is 52.1. The van der Waals surface area contributed by atoms with Gasteiger partial charge in [0, 0.05) is 24.0 Å². The normalized spacial score (nSPS) is 12.3. The molecule has 28 nitrogen and oxygen atoms in total. The Kier molecular flexibility index (Phi) is 28.9. The average molecular weight is 1690 g/mol. The fraction of sp³-hybridized carbons (Fsp3) is 0.221. The molecular formula is C95H96N12O16S. The number of hydrogen-bond donors (Lipinski definition) is 8. The first-order valence-electron chi connectivity index (χ1n) is 39.6. The quantitative estimate of drug-likeness (QED) is 0.0200. The molecule has 8 N–H and O–H groups in total. The number of H-pyrrole nitrogens is 4. The maximum atomic E-state index is 12.9. The van der Waals surface area contributed by atoms with Crippen molar-refractivity contribution >= 4 is 127 Å². The Hall–Kier alpha value is -15.0. The Morgan fingerprint density at radius 1 is 0.339 bits per heavy atom. The van der Waals surface area contributed by atoms with Crippen molar-refractivity contribution in [2.75, 3.05) is 91.9 Å². The summed E-state index contributed by atoms with van der Waals surface area (Å²) in [5.41, 5.74) is 12.5. The SMILES string of the molecule is COc1ccc(/C=C/c2[nH]nc3ccc(C(=O)NC4CC4)c(OC)c23)cc1OC.COc1ccc(/C=C/c2[nH]nc3ccc(C(=O)NCC4CC4)c(OC)c23)cc1OC.COc1ccc(/C=C/c2[nH]nc3ccc(C(=O)NCc4ccccc4)c(OC)c23)cc1OC.COc1ccc(/C=C/c2[nH]nc3ccc(C(=O)NCc4cccs4)c(OC)c23)cc1OC. The second kappa shape index (κ2) is 41.3. The summed E-state index contributed by atoms with van der Waals surface area (Å²) in [6, 6.07) is 50.9. The number of amides is 4. The van der Waals surface area contributed by atoms with E-state index in [9.17, 15) is 19.2 Å². The van der Waals surface area contributed by atoms with Gasteiger partial charge in [-0.15, -0.1) is 11.3 Å². The standard InChI is InChI=1S/C26H25N3O4.C24H23N3O4S.C23H25N3O4.C22H23N3O4/c1-31-22-14-10-17(15-23(22)32-2)9-12-20-24-21(29-28-20)13-11-19(25(24)33-3)26(30)27-16-18-7-5-4-6-8-18;1-29-20-11-7-15(13-21(20)30-2)6-9-18-22-19(27-26-18)10-8-17(23(22)31-3)24(28)25-14-16-5-4-12-32-16;1-28-19-11-7-14(12-20(19)29-2)6-9-17-21-18(26-25-17)10-8-16(22(21)30-3)23(27)24-13-15-4-5-15;1-27-18-11-5-13(12-19(18)28-2)4-9-16-20-17(25-24-16)10-8-15(21(20)29-3)22(26)23-14-6-7-14/h4-15H,16H2,1-3H3,(H,27,30)(H,28,29);4-13H,14H2,1-3H3,(H,25,28)(H,26,27);6-12,15H,4-5,13H2,1-3H3,(H,24,27)(H,25,26);4-5,8-12,14H,6-7H2,1-3H3,(H,23,26)(H,24,25)/b12-9+;2*9-6+;9-4+. The van der Waals surface area contributed by atoms with Gasteiger partial charge in [-0.05, 0) is 192 Å². The fourth-order valence-electron chi connectivity index (χ4n) is 13.7. The molecule has 2 aliphatic carbocycles. The van der Waals surface area contributed by atoms with E-state index in [1.54, 1.807) is 127 Å². The lowest BCUT2D eigenvalue weighted by molar-refractivity contribution is 0.0939. The van der Waals surface area contributed by atoms with Gasteiger partial charge in [-0.1, -0.05) is 85.0 Å². The number of rotatable bonds is 31. The molecule has 2 aliphatic rings. The van der Waals surface area contributed by atoms with Gasteiger partial charge in [0.15, 0.2) is 46.0 Å². The molecule has 638 valence electrons. The topological polar surface area (TPSA) is 342 Å². The molecule has 14 aromatic rings. The van der Waals surface area contributed by atoms with Crippen LogP contribution in [0.2, 0.25) is 0 Å². The van der Waals surface area contributed by atoms with Gasteiger partial charge in [0.25, 0.3) is 23.6 Å². The molecule has 5 heterocycles. The van der Waals surface area contributed by atoms with Gasteiger partial charge in [0.05, 0.1) is 181 Å². The molecule has 0 unspecified atom stereocenters. The minimum absolute atomic E-state index is 0.123. The largest absolute Gasteiger partial charge is 0.495 e. The number of hydrogen-bond acceptors (Lipinski definition) is 21. The molecule has 4 amide bonds. The van der Waals surface area contributed by atoms with Gasteiger partial charge < -0.3 is 78.1 Å². The van der Waals surface area contributed by atoms with Crippen molar-refractivity contribution in [3.63, 3.8) is 0 Å². The van der Waals surface area contributed by atoms with Gasteiger partial charge in [0.1, 0.15) is 23.0 Å². The van der Waals surface area contributed by atoms with Crippen LogP contribution in [-0.2, 0) is 13.1 Å². The monoisotopic (exact) mass is 1690 g/mol. The molecule has 29 heteroatoms. The Morgan fingerprint density at radius 2 is 0.661 bits per heavy atom.